The van der Waals surface area contributed by atoms with Gasteiger partial charge in [0.25, 0.3) is 0 Å². The van der Waals surface area contributed by atoms with Crippen LogP contribution in [0.2, 0.25) is 0 Å². The van der Waals surface area contributed by atoms with E-state index in [2.05, 4.69) is 19.8 Å². The van der Waals surface area contributed by atoms with E-state index in [0.717, 1.165) is 31.3 Å². The second-order valence-corrected chi connectivity index (χ2v) is 9.21. The first-order chi connectivity index (χ1) is 11.3. The summed E-state index contributed by atoms with van der Waals surface area (Å²) in [7, 11) is 0. The Morgan fingerprint density at radius 3 is 2.58 bits per heavy atom. The van der Waals surface area contributed by atoms with Crippen LogP contribution in [0, 0.1) is 46.8 Å². The summed E-state index contributed by atoms with van der Waals surface area (Å²) in [5.74, 6) is 4.22. The monoisotopic (exact) mass is 330 g/mol. The summed E-state index contributed by atoms with van der Waals surface area (Å²) in [6, 6.07) is 0. The maximum atomic E-state index is 11.0. The maximum Gasteiger partial charge on any atom is 0.0757 e. The molecule has 4 aliphatic carbocycles. The third kappa shape index (κ3) is 1.97. The van der Waals surface area contributed by atoms with Crippen LogP contribution in [-0.4, -0.2) is 33.6 Å². The molecular weight excluding hydrogens is 300 g/mol. The van der Waals surface area contributed by atoms with E-state index in [4.69, 9.17) is 6.42 Å². The predicted octanol–water partition coefficient (Wildman–Crippen LogP) is 2.50. The summed E-state index contributed by atoms with van der Waals surface area (Å²) < 4.78 is 0. The van der Waals surface area contributed by atoms with Gasteiger partial charge in [-0.05, 0) is 55.3 Å². The first kappa shape index (κ1) is 16.6. The Bertz CT molecular complexity index is 605. The van der Waals surface area contributed by atoms with Gasteiger partial charge in [-0.25, -0.2) is 0 Å². The molecule has 9 atom stereocenters. The number of rotatable bonds is 0. The van der Waals surface area contributed by atoms with Crippen LogP contribution in [0.25, 0.3) is 0 Å². The molecule has 0 spiro atoms. The van der Waals surface area contributed by atoms with Crippen LogP contribution in [-0.2, 0) is 0 Å². The standard InChI is InChI=1S/C21H30O3/c1-4-12-5-6-15-19-16(7-8-20(12,15)2)21(3)13(10-17(19)23)9-14(22)11-18(21)24/h1,10,12,14-19,22-24H,5-9,11H2,2-3H3/t12-,14-,15+,16+,17+,18?,19+,20-,21+/m1/s1. The van der Waals surface area contributed by atoms with Crippen molar-refractivity contribution in [3.63, 3.8) is 0 Å². The molecule has 0 bridgehead atoms. The van der Waals surface area contributed by atoms with Crippen molar-refractivity contribution in [3.8, 4) is 12.3 Å². The molecule has 0 amide bonds. The fourth-order valence-corrected chi connectivity index (χ4v) is 6.97. The lowest BCUT2D eigenvalue weighted by Crippen LogP contribution is -2.58. The van der Waals surface area contributed by atoms with Gasteiger partial charge in [0.1, 0.15) is 0 Å². The molecule has 24 heavy (non-hydrogen) atoms. The number of aliphatic hydroxyl groups is 3. The SMILES string of the molecule is C#C[C@@H]1CC[C@H]2[C@@H]3[C@@H](O)C=C4C[C@@H](O)CC(O)[C@]4(C)[C@H]3CC[C@]12C. The molecule has 0 aromatic rings. The zero-order valence-electron chi connectivity index (χ0n) is 14.8. The van der Waals surface area contributed by atoms with Gasteiger partial charge in [-0.15, -0.1) is 12.3 Å². The fourth-order valence-electron chi connectivity index (χ4n) is 6.97. The Labute approximate surface area is 145 Å². The van der Waals surface area contributed by atoms with Gasteiger partial charge < -0.3 is 15.3 Å². The van der Waals surface area contributed by atoms with E-state index >= 15 is 0 Å². The first-order valence-corrected chi connectivity index (χ1v) is 9.54. The summed E-state index contributed by atoms with van der Waals surface area (Å²) in [5.41, 5.74) is 0.883. The lowest BCUT2D eigenvalue weighted by atomic mass is 9.46. The predicted molar refractivity (Wildman–Crippen MR) is 92.8 cm³/mol. The van der Waals surface area contributed by atoms with E-state index in [9.17, 15) is 15.3 Å². The van der Waals surface area contributed by atoms with Crippen molar-refractivity contribution in [1.82, 2.24) is 0 Å². The van der Waals surface area contributed by atoms with Crippen molar-refractivity contribution in [2.75, 3.05) is 0 Å². The Kier molecular flexibility index (Phi) is 3.70. The maximum absolute atomic E-state index is 11.0. The fraction of sp³-hybridized carbons (Fsp3) is 0.810. The number of hydrogen-bond donors (Lipinski definition) is 3. The van der Waals surface area contributed by atoms with Crippen LogP contribution >= 0.6 is 0 Å². The van der Waals surface area contributed by atoms with Crippen molar-refractivity contribution >= 4 is 0 Å². The van der Waals surface area contributed by atoms with Crippen LogP contribution < -0.4 is 0 Å². The normalized spacial score (nSPS) is 56.5. The first-order valence-electron chi connectivity index (χ1n) is 9.54. The number of hydrogen-bond acceptors (Lipinski definition) is 3. The molecule has 0 aromatic heterocycles. The highest BCUT2D eigenvalue weighted by atomic mass is 16.3. The van der Waals surface area contributed by atoms with E-state index in [0.29, 0.717) is 24.7 Å². The largest absolute Gasteiger partial charge is 0.393 e. The minimum absolute atomic E-state index is 0.123. The Balaban J connectivity index is 1.76. The Morgan fingerprint density at radius 2 is 1.88 bits per heavy atom. The quantitative estimate of drug-likeness (QED) is 0.472. The smallest absolute Gasteiger partial charge is 0.0757 e. The van der Waals surface area contributed by atoms with E-state index in [1.807, 2.05) is 6.08 Å². The molecule has 3 nitrogen and oxygen atoms in total. The van der Waals surface area contributed by atoms with Gasteiger partial charge in [0.2, 0.25) is 0 Å². The minimum Gasteiger partial charge on any atom is -0.393 e. The second kappa shape index (κ2) is 5.34. The van der Waals surface area contributed by atoms with E-state index in [1.165, 1.54) is 0 Å². The zero-order valence-corrected chi connectivity index (χ0v) is 14.8. The third-order valence-corrected chi connectivity index (χ3v) is 8.41. The molecule has 0 heterocycles. The van der Waals surface area contributed by atoms with Crippen molar-refractivity contribution in [1.29, 1.82) is 0 Å². The van der Waals surface area contributed by atoms with E-state index in [-0.39, 0.29) is 22.7 Å². The van der Waals surface area contributed by atoms with Crippen LogP contribution in [0.1, 0.15) is 52.4 Å². The lowest BCUT2D eigenvalue weighted by Gasteiger charge is -2.60. The summed E-state index contributed by atoms with van der Waals surface area (Å²) in [5, 5.41) is 31.9. The summed E-state index contributed by atoms with van der Waals surface area (Å²) >= 11 is 0. The van der Waals surface area contributed by atoms with Crippen LogP contribution in [0.5, 0.6) is 0 Å². The average molecular weight is 330 g/mol. The molecule has 3 saturated carbocycles. The Hall–Kier alpha value is -0.820. The van der Waals surface area contributed by atoms with Crippen LogP contribution in [0.4, 0.5) is 0 Å². The van der Waals surface area contributed by atoms with Gasteiger partial charge in [0.05, 0.1) is 18.3 Å². The van der Waals surface area contributed by atoms with Crippen molar-refractivity contribution in [3.05, 3.63) is 11.6 Å². The summed E-state index contributed by atoms with van der Waals surface area (Å²) in [6.45, 7) is 4.48. The minimum atomic E-state index is -0.526. The molecular formula is C21H30O3. The molecule has 0 radical (unpaired) electrons. The second-order valence-electron chi connectivity index (χ2n) is 9.21. The number of aliphatic hydroxyl groups excluding tert-OH is 3. The summed E-state index contributed by atoms with van der Waals surface area (Å²) in [4.78, 5) is 0. The summed E-state index contributed by atoms with van der Waals surface area (Å²) in [6.07, 6.45) is 11.5. The van der Waals surface area contributed by atoms with Crippen molar-refractivity contribution in [2.45, 2.75) is 70.7 Å². The zero-order chi connectivity index (χ0) is 17.3. The molecule has 3 N–H and O–H groups in total. The molecule has 132 valence electrons. The van der Waals surface area contributed by atoms with Gasteiger partial charge in [0, 0.05) is 17.8 Å². The number of terminal acetylenes is 1. The lowest BCUT2D eigenvalue weighted by molar-refractivity contribution is -0.128. The third-order valence-electron chi connectivity index (χ3n) is 8.41. The molecule has 1 unspecified atom stereocenters. The van der Waals surface area contributed by atoms with E-state index < -0.39 is 18.3 Å². The average Bonchev–Trinajstić information content (AvgIpc) is 2.86. The van der Waals surface area contributed by atoms with Crippen LogP contribution in [0.3, 0.4) is 0 Å². The van der Waals surface area contributed by atoms with Crippen molar-refractivity contribution < 1.29 is 15.3 Å². The Morgan fingerprint density at radius 1 is 1.12 bits per heavy atom. The molecule has 0 aromatic carbocycles. The molecule has 3 heteroatoms. The number of fused-ring (bicyclic) bond motifs is 5. The van der Waals surface area contributed by atoms with Crippen LogP contribution in [0.15, 0.2) is 11.6 Å². The van der Waals surface area contributed by atoms with Crippen molar-refractivity contribution in [2.24, 2.45) is 34.5 Å². The molecule has 3 fully saturated rings. The molecule has 4 aliphatic rings. The van der Waals surface area contributed by atoms with Gasteiger partial charge in [-0.1, -0.05) is 25.5 Å². The van der Waals surface area contributed by atoms with Gasteiger partial charge >= 0.3 is 0 Å². The van der Waals surface area contributed by atoms with Gasteiger partial charge in [-0.2, -0.15) is 0 Å². The topological polar surface area (TPSA) is 60.7 Å². The molecule has 0 saturated heterocycles. The van der Waals surface area contributed by atoms with Gasteiger partial charge in [0.15, 0.2) is 0 Å². The molecule has 4 rings (SSSR count). The highest BCUT2D eigenvalue weighted by Gasteiger charge is 2.62. The van der Waals surface area contributed by atoms with E-state index in [1.54, 1.807) is 0 Å². The highest BCUT2D eigenvalue weighted by Crippen LogP contribution is 2.66. The van der Waals surface area contributed by atoms with Gasteiger partial charge in [-0.3, -0.25) is 0 Å². The molecule has 0 aliphatic heterocycles. The highest BCUT2D eigenvalue weighted by molar-refractivity contribution is 5.30.